The summed E-state index contributed by atoms with van der Waals surface area (Å²) in [4.78, 5) is 44.5. The first-order chi connectivity index (χ1) is 15.5. The van der Waals surface area contributed by atoms with Crippen molar-refractivity contribution in [3.05, 3.63) is 68.5 Å². The average Bonchev–Trinajstić information content (AvgIpc) is 3.44. The summed E-state index contributed by atoms with van der Waals surface area (Å²) in [6, 6.07) is 10.4. The first kappa shape index (κ1) is 20.9. The van der Waals surface area contributed by atoms with Crippen LogP contribution in [-0.4, -0.2) is 32.7 Å². The third kappa shape index (κ3) is 3.72. The lowest BCUT2D eigenvalue weighted by Gasteiger charge is -2.15. The SMILES string of the molecule is O=C(Cn1c(=O)n(C[C@H]2CCCO2)c(=O)c2sc3ncccc3c21)Nc1ccccc1Cl. The van der Waals surface area contributed by atoms with Gasteiger partial charge >= 0.3 is 5.69 Å². The molecule has 1 atom stereocenters. The number of ether oxygens (including phenoxy) is 1. The molecule has 1 amide bonds. The Hall–Kier alpha value is -3.01. The van der Waals surface area contributed by atoms with Crippen molar-refractivity contribution in [1.82, 2.24) is 14.1 Å². The fraction of sp³-hybridized carbons (Fsp3) is 0.273. The van der Waals surface area contributed by atoms with E-state index < -0.39 is 11.6 Å². The number of nitrogens with zero attached hydrogens (tertiary/aromatic N) is 3. The Bertz CT molecular complexity index is 1450. The minimum absolute atomic E-state index is 0.154. The zero-order valence-corrected chi connectivity index (χ0v) is 18.5. The zero-order chi connectivity index (χ0) is 22.2. The molecule has 0 spiro atoms. The number of rotatable bonds is 5. The molecular weight excluding hydrogens is 452 g/mol. The fourth-order valence-corrected chi connectivity index (χ4v) is 5.26. The van der Waals surface area contributed by atoms with Crippen molar-refractivity contribution >= 4 is 55.0 Å². The molecule has 4 aromatic rings. The number of carbonyl (C=O) groups is 1. The highest BCUT2D eigenvalue weighted by molar-refractivity contribution is 7.25. The van der Waals surface area contributed by atoms with Gasteiger partial charge < -0.3 is 10.1 Å². The van der Waals surface area contributed by atoms with Gasteiger partial charge in [-0.2, -0.15) is 0 Å². The van der Waals surface area contributed by atoms with Gasteiger partial charge in [0.05, 0.1) is 28.9 Å². The van der Waals surface area contributed by atoms with Gasteiger partial charge in [0.2, 0.25) is 5.91 Å². The van der Waals surface area contributed by atoms with Crippen molar-refractivity contribution in [3.8, 4) is 0 Å². The Morgan fingerprint density at radius 1 is 1.22 bits per heavy atom. The van der Waals surface area contributed by atoms with Crippen LogP contribution in [0, 0.1) is 0 Å². The number of nitrogens with one attached hydrogen (secondary N) is 1. The molecule has 0 saturated carbocycles. The summed E-state index contributed by atoms with van der Waals surface area (Å²) in [6.45, 7) is 0.497. The molecule has 1 saturated heterocycles. The number of carbonyl (C=O) groups excluding carboxylic acids is 1. The van der Waals surface area contributed by atoms with Crippen LogP contribution in [0.4, 0.5) is 5.69 Å². The maximum Gasteiger partial charge on any atom is 0.332 e. The number of benzene rings is 1. The summed E-state index contributed by atoms with van der Waals surface area (Å²) in [5.74, 6) is -0.424. The van der Waals surface area contributed by atoms with E-state index in [-0.39, 0.29) is 24.8 Å². The quantitative estimate of drug-likeness (QED) is 0.483. The minimum atomic E-state index is -0.545. The Labute approximate surface area is 191 Å². The maximum absolute atomic E-state index is 13.4. The van der Waals surface area contributed by atoms with E-state index in [9.17, 15) is 14.4 Å². The topological polar surface area (TPSA) is 95.2 Å². The number of fused-ring (bicyclic) bond motifs is 3. The third-order valence-corrected chi connectivity index (χ3v) is 6.89. The number of halogens is 1. The van der Waals surface area contributed by atoms with Gasteiger partial charge in [-0.15, -0.1) is 11.3 Å². The fourth-order valence-electron chi connectivity index (χ4n) is 3.98. The second-order valence-corrected chi connectivity index (χ2v) is 8.99. The largest absolute Gasteiger partial charge is 0.376 e. The predicted octanol–water partition coefficient (Wildman–Crippen LogP) is 3.24. The van der Waals surface area contributed by atoms with Gasteiger partial charge in [0.15, 0.2) is 0 Å². The van der Waals surface area contributed by atoms with Gasteiger partial charge in [0, 0.05) is 18.2 Å². The number of amides is 1. The lowest BCUT2D eigenvalue weighted by atomic mass is 10.2. The zero-order valence-electron chi connectivity index (χ0n) is 16.9. The van der Waals surface area contributed by atoms with Crippen molar-refractivity contribution in [2.24, 2.45) is 0 Å². The molecular formula is C22H19ClN4O4S. The molecule has 0 unspecified atom stereocenters. The van der Waals surface area contributed by atoms with Crippen LogP contribution in [0.15, 0.2) is 52.2 Å². The Morgan fingerprint density at radius 3 is 2.84 bits per heavy atom. The molecule has 164 valence electrons. The van der Waals surface area contributed by atoms with Crippen LogP contribution in [0.5, 0.6) is 0 Å². The lowest BCUT2D eigenvalue weighted by molar-refractivity contribution is -0.116. The van der Waals surface area contributed by atoms with Gasteiger partial charge in [0.1, 0.15) is 16.1 Å². The second kappa shape index (κ2) is 8.50. The average molecular weight is 471 g/mol. The summed E-state index contributed by atoms with van der Waals surface area (Å²) in [5, 5.41) is 3.80. The van der Waals surface area contributed by atoms with Crippen LogP contribution in [-0.2, 0) is 22.6 Å². The highest BCUT2D eigenvalue weighted by Gasteiger charge is 2.24. The molecule has 1 aliphatic rings. The number of hydrogen-bond donors (Lipinski definition) is 1. The Morgan fingerprint density at radius 2 is 2.06 bits per heavy atom. The van der Waals surface area contributed by atoms with E-state index in [1.807, 2.05) is 0 Å². The molecule has 1 aliphatic heterocycles. The molecule has 1 aromatic carbocycles. The van der Waals surface area contributed by atoms with Crippen LogP contribution in [0.3, 0.4) is 0 Å². The second-order valence-electron chi connectivity index (χ2n) is 7.58. The summed E-state index contributed by atoms with van der Waals surface area (Å²) >= 11 is 7.37. The number of thiophene rings is 1. The summed E-state index contributed by atoms with van der Waals surface area (Å²) in [7, 11) is 0. The standard InChI is InChI=1S/C22H19ClN4O4S/c23-15-7-1-2-8-16(15)25-17(28)12-26-18-14-6-3-9-24-20(14)32-19(18)21(29)27(22(26)30)11-13-5-4-10-31-13/h1-3,6-9,13H,4-5,10-12H2,(H,25,28)/t13-/m1/s1. The van der Waals surface area contributed by atoms with Crippen LogP contribution in [0.1, 0.15) is 12.8 Å². The van der Waals surface area contributed by atoms with Crippen molar-refractivity contribution in [2.75, 3.05) is 11.9 Å². The molecule has 0 bridgehead atoms. The van der Waals surface area contributed by atoms with E-state index in [0.29, 0.717) is 37.8 Å². The van der Waals surface area contributed by atoms with E-state index in [0.717, 1.165) is 12.8 Å². The summed E-state index contributed by atoms with van der Waals surface area (Å²) in [6.07, 6.45) is 3.11. The van der Waals surface area contributed by atoms with E-state index in [1.165, 1.54) is 20.5 Å². The minimum Gasteiger partial charge on any atom is -0.376 e. The Kier molecular flexibility index (Phi) is 5.54. The first-order valence-corrected chi connectivity index (χ1v) is 11.4. The van der Waals surface area contributed by atoms with E-state index >= 15 is 0 Å². The van der Waals surface area contributed by atoms with E-state index in [1.54, 1.807) is 42.6 Å². The van der Waals surface area contributed by atoms with Crippen molar-refractivity contribution < 1.29 is 9.53 Å². The third-order valence-electron chi connectivity index (χ3n) is 5.47. The molecule has 32 heavy (non-hydrogen) atoms. The molecule has 8 nitrogen and oxygen atoms in total. The molecule has 5 rings (SSSR count). The number of aromatic nitrogens is 3. The van der Waals surface area contributed by atoms with Gasteiger partial charge in [-0.1, -0.05) is 23.7 Å². The van der Waals surface area contributed by atoms with Crippen molar-refractivity contribution in [3.63, 3.8) is 0 Å². The molecule has 1 fully saturated rings. The normalized spacial score (nSPS) is 16.1. The monoisotopic (exact) mass is 470 g/mol. The van der Waals surface area contributed by atoms with E-state index in [2.05, 4.69) is 10.3 Å². The molecule has 1 N–H and O–H groups in total. The highest BCUT2D eigenvalue weighted by Crippen LogP contribution is 2.29. The van der Waals surface area contributed by atoms with Crippen molar-refractivity contribution in [2.45, 2.75) is 32.0 Å². The predicted molar refractivity (Wildman–Crippen MR) is 125 cm³/mol. The smallest absolute Gasteiger partial charge is 0.332 e. The summed E-state index contributed by atoms with van der Waals surface area (Å²) < 4.78 is 8.55. The van der Waals surface area contributed by atoms with Crippen LogP contribution in [0.2, 0.25) is 5.02 Å². The number of hydrogen-bond acceptors (Lipinski definition) is 6. The number of pyridine rings is 1. The molecule has 3 aromatic heterocycles. The van der Waals surface area contributed by atoms with Crippen LogP contribution >= 0.6 is 22.9 Å². The molecule has 0 aliphatic carbocycles. The van der Waals surface area contributed by atoms with Gasteiger partial charge in [-0.05, 0) is 37.1 Å². The molecule has 4 heterocycles. The van der Waals surface area contributed by atoms with Crippen LogP contribution in [0.25, 0.3) is 20.4 Å². The summed E-state index contributed by atoms with van der Waals surface area (Å²) in [5.41, 5.74) is -0.0545. The molecule has 0 radical (unpaired) electrons. The Balaban J connectivity index is 1.63. The maximum atomic E-state index is 13.4. The van der Waals surface area contributed by atoms with Gasteiger partial charge in [-0.25, -0.2) is 9.78 Å². The number of anilines is 1. The van der Waals surface area contributed by atoms with Crippen LogP contribution < -0.4 is 16.6 Å². The number of para-hydroxylation sites is 1. The molecule has 10 heteroatoms. The first-order valence-electron chi connectivity index (χ1n) is 10.2. The van der Waals surface area contributed by atoms with Crippen molar-refractivity contribution in [1.29, 1.82) is 0 Å². The van der Waals surface area contributed by atoms with Gasteiger partial charge in [-0.3, -0.25) is 18.7 Å². The van der Waals surface area contributed by atoms with E-state index in [4.69, 9.17) is 16.3 Å². The lowest BCUT2D eigenvalue weighted by Crippen LogP contribution is -2.43. The highest BCUT2D eigenvalue weighted by atomic mass is 35.5. The van der Waals surface area contributed by atoms with Gasteiger partial charge in [0.25, 0.3) is 5.56 Å².